The van der Waals surface area contributed by atoms with Gasteiger partial charge in [-0.25, -0.2) is 0 Å². The molecule has 0 atom stereocenters. The second kappa shape index (κ2) is 6.34. The molecule has 0 aliphatic heterocycles. The molecule has 0 spiro atoms. The smallest absolute Gasteiger partial charge is 0.154 e. The second-order valence-electron chi connectivity index (χ2n) is 4.19. The second-order valence-corrected chi connectivity index (χ2v) is 5.31. The van der Waals surface area contributed by atoms with Crippen LogP contribution >= 0.6 is 11.8 Å². The van der Waals surface area contributed by atoms with Gasteiger partial charge in [0.1, 0.15) is 10.7 Å². The van der Waals surface area contributed by atoms with Gasteiger partial charge in [-0.1, -0.05) is 6.07 Å². The average Bonchev–Trinajstić information content (AvgIpc) is 3.03. The number of aryl methyl sites for hydroxylation is 1. The fourth-order valence-electron chi connectivity index (χ4n) is 1.77. The van der Waals surface area contributed by atoms with Crippen molar-refractivity contribution in [3.05, 3.63) is 60.6 Å². The quantitative estimate of drug-likeness (QED) is 0.671. The van der Waals surface area contributed by atoms with E-state index in [2.05, 4.69) is 21.2 Å². The largest absolute Gasteiger partial charge is 0.463 e. The Labute approximate surface area is 121 Å². The minimum Gasteiger partial charge on any atom is -0.463 e. The number of thioether (sulfide) groups is 1. The Balaban J connectivity index is 1.56. The van der Waals surface area contributed by atoms with Gasteiger partial charge >= 0.3 is 0 Å². The van der Waals surface area contributed by atoms with Gasteiger partial charge in [-0.2, -0.15) is 0 Å². The molecule has 0 radical (unpaired) electrons. The van der Waals surface area contributed by atoms with E-state index in [9.17, 15) is 0 Å². The maximum atomic E-state index is 5.28. The van der Waals surface area contributed by atoms with Gasteiger partial charge in [0.05, 0.1) is 6.26 Å². The Morgan fingerprint density at radius 1 is 1.05 bits per heavy atom. The highest BCUT2D eigenvalue weighted by atomic mass is 32.2. The molecule has 100 valence electrons. The molecular formula is C15H13N3OS. The summed E-state index contributed by atoms with van der Waals surface area (Å²) in [5.74, 6) is 1.70. The third kappa shape index (κ3) is 3.24. The molecule has 0 N–H and O–H groups in total. The van der Waals surface area contributed by atoms with E-state index in [0.29, 0.717) is 0 Å². The number of pyridine rings is 1. The van der Waals surface area contributed by atoms with E-state index < -0.39 is 0 Å². The van der Waals surface area contributed by atoms with Crippen LogP contribution in [0.25, 0.3) is 11.5 Å². The predicted molar refractivity (Wildman–Crippen MR) is 78.4 cm³/mol. The Kier molecular flexibility index (Phi) is 4.08. The van der Waals surface area contributed by atoms with Crippen molar-refractivity contribution in [3.63, 3.8) is 0 Å². The number of nitrogens with zero attached hydrogens (tertiary/aromatic N) is 3. The molecular weight excluding hydrogens is 270 g/mol. The van der Waals surface area contributed by atoms with Gasteiger partial charge in [-0.15, -0.1) is 22.0 Å². The first-order chi connectivity index (χ1) is 9.92. The summed E-state index contributed by atoms with van der Waals surface area (Å²) in [6.45, 7) is 0. The van der Waals surface area contributed by atoms with Gasteiger partial charge in [0, 0.05) is 18.1 Å². The van der Waals surface area contributed by atoms with Gasteiger partial charge in [0.2, 0.25) is 0 Å². The number of aromatic nitrogens is 3. The zero-order valence-electron chi connectivity index (χ0n) is 10.8. The molecule has 0 aliphatic carbocycles. The molecule has 0 saturated heterocycles. The molecule has 4 nitrogen and oxygen atoms in total. The monoisotopic (exact) mass is 283 g/mol. The normalized spacial score (nSPS) is 10.6. The molecule has 3 rings (SSSR count). The van der Waals surface area contributed by atoms with Crippen molar-refractivity contribution in [1.29, 1.82) is 0 Å². The SMILES string of the molecule is c1cncc(CCSc2ccc(-c3ccco3)nn2)c1. The summed E-state index contributed by atoms with van der Waals surface area (Å²) in [6, 6.07) is 11.7. The molecule has 0 amide bonds. The summed E-state index contributed by atoms with van der Waals surface area (Å²) >= 11 is 1.69. The van der Waals surface area contributed by atoms with Gasteiger partial charge in [-0.3, -0.25) is 4.98 Å². The summed E-state index contributed by atoms with van der Waals surface area (Å²) in [6.07, 6.45) is 6.29. The molecule has 0 aliphatic rings. The van der Waals surface area contributed by atoms with Crippen LogP contribution in [0, 0.1) is 0 Å². The number of rotatable bonds is 5. The van der Waals surface area contributed by atoms with E-state index in [4.69, 9.17) is 4.42 Å². The number of furan rings is 1. The average molecular weight is 283 g/mol. The lowest BCUT2D eigenvalue weighted by molar-refractivity contribution is 0.578. The van der Waals surface area contributed by atoms with E-state index >= 15 is 0 Å². The molecule has 0 saturated carbocycles. The van der Waals surface area contributed by atoms with E-state index in [1.54, 1.807) is 24.2 Å². The minimum atomic E-state index is 0.740. The fraction of sp³-hybridized carbons (Fsp3) is 0.133. The van der Waals surface area contributed by atoms with Crippen LogP contribution < -0.4 is 0 Å². The Bertz CT molecular complexity index is 639. The first-order valence-corrected chi connectivity index (χ1v) is 7.30. The fourth-order valence-corrected chi connectivity index (χ4v) is 2.58. The standard InChI is InChI=1S/C15H13N3OS/c1-3-12(11-16-8-1)7-10-20-15-6-5-13(17-18-15)14-4-2-9-19-14/h1-6,8-9,11H,7,10H2. The van der Waals surface area contributed by atoms with Crippen molar-refractivity contribution in [2.45, 2.75) is 11.4 Å². The molecule has 0 unspecified atom stereocenters. The Hall–Kier alpha value is -2.14. The molecule has 0 fully saturated rings. The topological polar surface area (TPSA) is 51.8 Å². The lowest BCUT2D eigenvalue weighted by Crippen LogP contribution is -1.92. The van der Waals surface area contributed by atoms with Crippen LogP contribution in [0.5, 0.6) is 0 Å². The molecule has 3 heterocycles. The predicted octanol–water partition coefficient (Wildman–Crippen LogP) is 3.47. The molecule has 3 aromatic rings. The lowest BCUT2D eigenvalue weighted by atomic mass is 10.2. The van der Waals surface area contributed by atoms with Crippen LogP contribution in [0.15, 0.2) is 64.5 Å². The third-order valence-corrected chi connectivity index (χ3v) is 3.70. The Morgan fingerprint density at radius 3 is 2.75 bits per heavy atom. The molecule has 20 heavy (non-hydrogen) atoms. The summed E-state index contributed by atoms with van der Waals surface area (Å²) < 4.78 is 5.28. The van der Waals surface area contributed by atoms with Crippen molar-refractivity contribution >= 4 is 11.8 Å². The van der Waals surface area contributed by atoms with Crippen molar-refractivity contribution in [2.75, 3.05) is 5.75 Å². The first-order valence-electron chi connectivity index (χ1n) is 6.31. The van der Waals surface area contributed by atoms with Gasteiger partial charge < -0.3 is 4.42 Å². The van der Waals surface area contributed by atoms with Crippen molar-refractivity contribution < 1.29 is 4.42 Å². The van der Waals surface area contributed by atoms with Crippen molar-refractivity contribution in [2.24, 2.45) is 0 Å². The maximum Gasteiger partial charge on any atom is 0.154 e. The van der Waals surface area contributed by atoms with Crippen LogP contribution in [0.1, 0.15) is 5.56 Å². The summed E-state index contributed by atoms with van der Waals surface area (Å²) in [4.78, 5) is 4.10. The molecule has 3 aromatic heterocycles. The van der Waals surface area contributed by atoms with Crippen LogP contribution in [0.3, 0.4) is 0 Å². The lowest BCUT2D eigenvalue weighted by Gasteiger charge is -2.01. The van der Waals surface area contributed by atoms with Gasteiger partial charge in [0.25, 0.3) is 0 Å². The van der Waals surface area contributed by atoms with Crippen molar-refractivity contribution in [1.82, 2.24) is 15.2 Å². The summed E-state index contributed by atoms with van der Waals surface area (Å²) in [5.41, 5.74) is 1.99. The highest BCUT2D eigenvalue weighted by Gasteiger charge is 2.04. The van der Waals surface area contributed by atoms with E-state index in [-0.39, 0.29) is 0 Å². The zero-order chi connectivity index (χ0) is 13.6. The van der Waals surface area contributed by atoms with Crippen LogP contribution in [0.2, 0.25) is 0 Å². The molecule has 5 heteroatoms. The van der Waals surface area contributed by atoms with Crippen LogP contribution in [-0.4, -0.2) is 20.9 Å². The van der Waals surface area contributed by atoms with E-state index in [1.165, 1.54) is 5.56 Å². The zero-order valence-corrected chi connectivity index (χ0v) is 11.6. The summed E-state index contributed by atoms with van der Waals surface area (Å²) in [7, 11) is 0. The van der Waals surface area contributed by atoms with Crippen LogP contribution in [-0.2, 0) is 6.42 Å². The van der Waals surface area contributed by atoms with Gasteiger partial charge in [0.15, 0.2) is 5.76 Å². The number of hydrogen-bond acceptors (Lipinski definition) is 5. The van der Waals surface area contributed by atoms with Gasteiger partial charge in [-0.05, 0) is 42.3 Å². The molecule has 0 aromatic carbocycles. The first kappa shape index (κ1) is 12.9. The van der Waals surface area contributed by atoms with E-state index in [0.717, 1.165) is 28.7 Å². The third-order valence-electron chi connectivity index (χ3n) is 2.78. The van der Waals surface area contributed by atoms with E-state index in [1.807, 2.05) is 36.5 Å². The summed E-state index contributed by atoms with van der Waals surface area (Å²) in [5, 5.41) is 9.29. The highest BCUT2D eigenvalue weighted by Crippen LogP contribution is 2.20. The molecule has 0 bridgehead atoms. The maximum absolute atomic E-state index is 5.28. The Morgan fingerprint density at radius 2 is 2.05 bits per heavy atom. The minimum absolute atomic E-state index is 0.740. The van der Waals surface area contributed by atoms with Crippen LogP contribution in [0.4, 0.5) is 0 Å². The number of hydrogen-bond donors (Lipinski definition) is 0. The highest BCUT2D eigenvalue weighted by molar-refractivity contribution is 7.99. The van der Waals surface area contributed by atoms with Crippen molar-refractivity contribution in [3.8, 4) is 11.5 Å².